The molecule has 3 heteroatoms. The van der Waals surface area contributed by atoms with E-state index in [2.05, 4.69) is 19.1 Å². The van der Waals surface area contributed by atoms with Crippen molar-refractivity contribution in [1.82, 2.24) is 0 Å². The summed E-state index contributed by atoms with van der Waals surface area (Å²) < 4.78 is 11.0. The van der Waals surface area contributed by atoms with E-state index < -0.39 is 0 Å². The lowest BCUT2D eigenvalue weighted by molar-refractivity contribution is -0.120. The Morgan fingerprint density at radius 1 is 1.47 bits per heavy atom. The van der Waals surface area contributed by atoms with Crippen LogP contribution in [-0.2, 0) is 11.2 Å². The van der Waals surface area contributed by atoms with E-state index in [1.54, 1.807) is 0 Å². The van der Waals surface area contributed by atoms with Gasteiger partial charge in [-0.15, -0.1) is 0 Å². The monoisotopic (exact) mass is 235 g/mol. The maximum Gasteiger partial charge on any atom is 0.119 e. The van der Waals surface area contributed by atoms with Gasteiger partial charge in [0.05, 0.1) is 19.8 Å². The van der Waals surface area contributed by atoms with Gasteiger partial charge in [0, 0.05) is 11.5 Å². The minimum Gasteiger partial charge on any atom is -0.493 e. The van der Waals surface area contributed by atoms with Crippen molar-refractivity contribution < 1.29 is 9.47 Å². The van der Waals surface area contributed by atoms with Gasteiger partial charge < -0.3 is 15.2 Å². The van der Waals surface area contributed by atoms with E-state index in [0.29, 0.717) is 6.61 Å². The predicted octanol–water partition coefficient (Wildman–Crippen LogP) is 1.99. The van der Waals surface area contributed by atoms with Crippen molar-refractivity contribution in [2.45, 2.75) is 26.3 Å². The molecule has 0 saturated carbocycles. The first-order valence-electron chi connectivity index (χ1n) is 6.12. The Labute approximate surface area is 103 Å². The van der Waals surface area contributed by atoms with Crippen LogP contribution < -0.4 is 10.5 Å². The van der Waals surface area contributed by atoms with E-state index >= 15 is 0 Å². The summed E-state index contributed by atoms with van der Waals surface area (Å²) in [6.07, 6.45) is 0.886. The summed E-state index contributed by atoms with van der Waals surface area (Å²) in [7, 11) is 0. The molecule has 1 unspecified atom stereocenters. The minimum absolute atomic E-state index is 0.183. The first kappa shape index (κ1) is 12.4. The minimum atomic E-state index is 0.183. The molecule has 0 spiro atoms. The summed E-state index contributed by atoms with van der Waals surface area (Å²) in [5.74, 6) is 0.927. The second-order valence-electron chi connectivity index (χ2n) is 5.42. The zero-order chi connectivity index (χ0) is 12.3. The van der Waals surface area contributed by atoms with Crippen LogP contribution in [0.4, 0.5) is 0 Å². The molecular formula is C14H21NO2. The molecule has 94 valence electrons. The van der Waals surface area contributed by atoms with Crippen LogP contribution in [0, 0.1) is 5.41 Å². The van der Waals surface area contributed by atoms with Gasteiger partial charge in [-0.05, 0) is 31.0 Å². The molecule has 0 aromatic heterocycles. The number of rotatable bonds is 5. The first-order valence-corrected chi connectivity index (χ1v) is 6.12. The van der Waals surface area contributed by atoms with Crippen LogP contribution in [0.2, 0.25) is 0 Å². The molecule has 3 nitrogen and oxygen atoms in total. The number of nitrogens with two attached hydrogens (primary N) is 1. The zero-order valence-corrected chi connectivity index (χ0v) is 10.6. The highest BCUT2D eigenvalue weighted by molar-refractivity contribution is 5.29. The summed E-state index contributed by atoms with van der Waals surface area (Å²) in [6.45, 7) is 6.51. The van der Waals surface area contributed by atoms with Gasteiger partial charge in [0.25, 0.3) is 0 Å². The third kappa shape index (κ3) is 3.45. The molecule has 1 heterocycles. The fourth-order valence-electron chi connectivity index (χ4n) is 1.93. The predicted molar refractivity (Wildman–Crippen MR) is 68.2 cm³/mol. The van der Waals surface area contributed by atoms with Crippen LogP contribution in [0.25, 0.3) is 0 Å². The summed E-state index contributed by atoms with van der Waals surface area (Å²) >= 11 is 0. The van der Waals surface area contributed by atoms with Crippen molar-refractivity contribution in [2.75, 3.05) is 19.8 Å². The second kappa shape index (κ2) is 5.07. The smallest absolute Gasteiger partial charge is 0.119 e. The number of benzene rings is 1. The highest BCUT2D eigenvalue weighted by Crippen LogP contribution is 2.27. The first-order chi connectivity index (χ1) is 8.07. The standard InChI is InChI=1S/C14H21NO2/c1-11(15)6-12-4-3-5-13(7-12)17-10-14(2)8-16-9-14/h3-5,7,11H,6,8-10,15H2,1-2H3. The van der Waals surface area contributed by atoms with E-state index in [4.69, 9.17) is 15.2 Å². The van der Waals surface area contributed by atoms with Gasteiger partial charge in [-0.3, -0.25) is 0 Å². The average Bonchev–Trinajstić information content (AvgIpc) is 2.23. The van der Waals surface area contributed by atoms with Crippen molar-refractivity contribution in [3.05, 3.63) is 29.8 Å². The third-order valence-corrected chi connectivity index (χ3v) is 2.94. The average molecular weight is 235 g/mol. The molecule has 2 N–H and O–H groups in total. The highest BCUT2D eigenvalue weighted by atomic mass is 16.5. The number of hydrogen-bond acceptors (Lipinski definition) is 3. The largest absolute Gasteiger partial charge is 0.493 e. The van der Waals surface area contributed by atoms with Gasteiger partial charge in [0.15, 0.2) is 0 Å². The molecule has 0 amide bonds. The van der Waals surface area contributed by atoms with Gasteiger partial charge >= 0.3 is 0 Å². The van der Waals surface area contributed by atoms with Gasteiger partial charge in [0.1, 0.15) is 5.75 Å². The molecule has 1 aromatic rings. The summed E-state index contributed by atoms with van der Waals surface area (Å²) in [6, 6.07) is 8.36. The van der Waals surface area contributed by atoms with Crippen molar-refractivity contribution in [3.8, 4) is 5.75 Å². The van der Waals surface area contributed by atoms with Gasteiger partial charge in [0.2, 0.25) is 0 Å². The molecule has 1 fully saturated rings. The molecule has 1 aliphatic rings. The van der Waals surface area contributed by atoms with Crippen LogP contribution in [0.1, 0.15) is 19.4 Å². The molecule has 1 aliphatic heterocycles. The van der Waals surface area contributed by atoms with Crippen LogP contribution in [-0.4, -0.2) is 25.9 Å². The Kier molecular flexibility index (Phi) is 3.69. The molecule has 2 rings (SSSR count). The second-order valence-corrected chi connectivity index (χ2v) is 5.42. The molecule has 1 atom stereocenters. The van der Waals surface area contributed by atoms with Gasteiger partial charge in [-0.2, -0.15) is 0 Å². The molecule has 0 bridgehead atoms. The lowest BCUT2D eigenvalue weighted by atomic mass is 9.90. The molecule has 1 saturated heterocycles. The lowest BCUT2D eigenvalue weighted by Gasteiger charge is -2.37. The van der Waals surface area contributed by atoms with E-state index in [-0.39, 0.29) is 11.5 Å². The van der Waals surface area contributed by atoms with E-state index in [1.807, 2.05) is 19.1 Å². The maximum atomic E-state index is 5.81. The van der Waals surface area contributed by atoms with Crippen molar-refractivity contribution in [1.29, 1.82) is 0 Å². The Balaban J connectivity index is 1.91. The summed E-state index contributed by atoms with van der Waals surface area (Å²) in [5, 5.41) is 0. The molecular weight excluding hydrogens is 214 g/mol. The number of hydrogen-bond donors (Lipinski definition) is 1. The van der Waals surface area contributed by atoms with E-state index in [1.165, 1.54) is 5.56 Å². The maximum absolute atomic E-state index is 5.81. The summed E-state index contributed by atoms with van der Waals surface area (Å²) in [4.78, 5) is 0. The quantitative estimate of drug-likeness (QED) is 0.849. The Bertz CT molecular complexity index is 372. The van der Waals surface area contributed by atoms with Crippen molar-refractivity contribution in [2.24, 2.45) is 11.1 Å². The Morgan fingerprint density at radius 3 is 2.82 bits per heavy atom. The normalized spacial score (nSPS) is 19.5. The van der Waals surface area contributed by atoms with Gasteiger partial charge in [-0.25, -0.2) is 0 Å². The van der Waals surface area contributed by atoms with Crippen molar-refractivity contribution in [3.63, 3.8) is 0 Å². The fraction of sp³-hybridized carbons (Fsp3) is 0.571. The van der Waals surface area contributed by atoms with Crippen LogP contribution in [0.3, 0.4) is 0 Å². The number of ether oxygens (including phenoxy) is 2. The third-order valence-electron chi connectivity index (χ3n) is 2.94. The Morgan fingerprint density at radius 2 is 2.24 bits per heavy atom. The highest BCUT2D eigenvalue weighted by Gasteiger charge is 2.34. The van der Waals surface area contributed by atoms with E-state index in [9.17, 15) is 0 Å². The van der Waals surface area contributed by atoms with Crippen molar-refractivity contribution >= 4 is 0 Å². The molecule has 1 aromatic carbocycles. The molecule has 0 aliphatic carbocycles. The fourth-order valence-corrected chi connectivity index (χ4v) is 1.93. The lowest BCUT2D eigenvalue weighted by Crippen LogP contribution is -2.44. The molecule has 17 heavy (non-hydrogen) atoms. The topological polar surface area (TPSA) is 44.5 Å². The zero-order valence-electron chi connectivity index (χ0n) is 10.6. The van der Waals surface area contributed by atoms with Crippen LogP contribution in [0.5, 0.6) is 5.75 Å². The summed E-state index contributed by atoms with van der Waals surface area (Å²) in [5.41, 5.74) is 7.21. The van der Waals surface area contributed by atoms with Crippen LogP contribution in [0.15, 0.2) is 24.3 Å². The molecule has 0 radical (unpaired) electrons. The SMILES string of the molecule is CC(N)Cc1cccc(OCC2(C)COC2)c1. The van der Waals surface area contributed by atoms with E-state index in [0.717, 1.165) is 25.4 Å². The van der Waals surface area contributed by atoms with Crippen LogP contribution >= 0.6 is 0 Å². The Hall–Kier alpha value is -1.06. The van der Waals surface area contributed by atoms with Gasteiger partial charge in [-0.1, -0.05) is 19.1 Å².